The number of imidazole rings is 1. The van der Waals surface area contributed by atoms with Crippen LogP contribution in [-0.2, 0) is 6.54 Å². The lowest BCUT2D eigenvalue weighted by atomic mass is 10.1. The smallest absolute Gasteiger partial charge is 0.255 e. The molecule has 1 saturated heterocycles. The molecule has 0 bridgehead atoms. The summed E-state index contributed by atoms with van der Waals surface area (Å²) in [5.74, 6) is -0.0401. The van der Waals surface area contributed by atoms with Gasteiger partial charge in [0.25, 0.3) is 5.91 Å². The molecular weight excluding hydrogens is 340 g/mol. The van der Waals surface area contributed by atoms with Crippen molar-refractivity contribution in [3.8, 4) is 0 Å². The van der Waals surface area contributed by atoms with Crippen LogP contribution in [0.3, 0.4) is 0 Å². The number of rotatable bonds is 4. The van der Waals surface area contributed by atoms with Gasteiger partial charge in [0.1, 0.15) is 5.65 Å². The van der Waals surface area contributed by atoms with Crippen LogP contribution in [0.25, 0.3) is 5.65 Å². The highest BCUT2D eigenvalue weighted by molar-refractivity contribution is 5.94. The quantitative estimate of drug-likeness (QED) is 0.769. The summed E-state index contributed by atoms with van der Waals surface area (Å²) in [4.78, 5) is 21.5. The van der Waals surface area contributed by atoms with Gasteiger partial charge in [0, 0.05) is 38.6 Å². The Morgan fingerprint density at radius 2 is 1.96 bits per heavy atom. The van der Waals surface area contributed by atoms with Gasteiger partial charge in [-0.2, -0.15) is 0 Å². The average molecular weight is 364 g/mol. The lowest BCUT2D eigenvalue weighted by Crippen LogP contribution is -2.56. The summed E-state index contributed by atoms with van der Waals surface area (Å²) in [5.41, 5.74) is 3.61. The fraction of sp³-hybridized carbons (Fsp3) is 0.333. The maximum Gasteiger partial charge on any atom is 0.255 e. The van der Waals surface area contributed by atoms with Gasteiger partial charge in [0.15, 0.2) is 0 Å². The highest BCUT2D eigenvalue weighted by Crippen LogP contribution is 2.17. The monoisotopic (exact) mass is 364 g/mol. The molecule has 1 aliphatic heterocycles. The van der Waals surface area contributed by atoms with Crippen LogP contribution in [0.4, 0.5) is 0 Å². The standard InChI is InChI=1S/C21H24N4O2/c1-16-11-24-13-18(7-8-20(24)22-16)21(27)25-10-9-23(14-19(25)15-26)12-17-5-3-2-4-6-17/h2-8,11,13,19,26H,9-10,12,14-15H2,1H3. The second-order valence-electron chi connectivity index (χ2n) is 7.12. The van der Waals surface area contributed by atoms with Crippen molar-refractivity contribution in [3.05, 3.63) is 71.7 Å². The third-order valence-corrected chi connectivity index (χ3v) is 5.11. The number of nitrogens with zero attached hydrogens (tertiary/aromatic N) is 4. The molecule has 0 aliphatic carbocycles. The van der Waals surface area contributed by atoms with E-state index in [9.17, 15) is 9.90 Å². The van der Waals surface area contributed by atoms with Crippen LogP contribution in [0, 0.1) is 6.92 Å². The van der Waals surface area contributed by atoms with Crippen LogP contribution in [0.2, 0.25) is 0 Å². The van der Waals surface area contributed by atoms with Gasteiger partial charge in [-0.25, -0.2) is 4.98 Å². The van der Waals surface area contributed by atoms with Crippen LogP contribution in [-0.4, -0.2) is 62.5 Å². The lowest BCUT2D eigenvalue weighted by molar-refractivity contribution is 0.0282. The Hall–Kier alpha value is -2.70. The lowest BCUT2D eigenvalue weighted by Gasteiger charge is -2.40. The molecular formula is C21H24N4O2. The predicted octanol–water partition coefficient (Wildman–Crippen LogP) is 1.96. The Labute approximate surface area is 158 Å². The Balaban J connectivity index is 1.48. The van der Waals surface area contributed by atoms with E-state index in [0.29, 0.717) is 18.7 Å². The number of piperazine rings is 1. The van der Waals surface area contributed by atoms with Crippen molar-refractivity contribution in [1.82, 2.24) is 19.2 Å². The summed E-state index contributed by atoms with van der Waals surface area (Å²) in [6, 6.07) is 13.8. The topological polar surface area (TPSA) is 61.1 Å². The third kappa shape index (κ3) is 3.72. The van der Waals surface area contributed by atoms with Gasteiger partial charge in [-0.1, -0.05) is 30.3 Å². The largest absolute Gasteiger partial charge is 0.394 e. The number of aliphatic hydroxyl groups excluding tert-OH is 1. The zero-order valence-corrected chi connectivity index (χ0v) is 15.5. The van der Waals surface area contributed by atoms with E-state index in [1.165, 1.54) is 5.56 Å². The van der Waals surface area contributed by atoms with Gasteiger partial charge in [-0.3, -0.25) is 9.69 Å². The SMILES string of the molecule is Cc1cn2cc(C(=O)N3CCN(Cc4ccccc4)CC3CO)ccc2n1. The predicted molar refractivity (Wildman–Crippen MR) is 104 cm³/mol. The molecule has 1 fully saturated rings. The maximum atomic E-state index is 13.0. The van der Waals surface area contributed by atoms with Crippen LogP contribution >= 0.6 is 0 Å². The van der Waals surface area contributed by atoms with Crippen molar-refractivity contribution in [2.24, 2.45) is 0 Å². The van der Waals surface area contributed by atoms with E-state index >= 15 is 0 Å². The van der Waals surface area contributed by atoms with E-state index in [2.05, 4.69) is 22.0 Å². The van der Waals surface area contributed by atoms with Crippen molar-refractivity contribution in [1.29, 1.82) is 0 Å². The summed E-state index contributed by atoms with van der Waals surface area (Å²) in [6.07, 6.45) is 3.73. The van der Waals surface area contributed by atoms with Crippen LogP contribution < -0.4 is 0 Å². The van der Waals surface area contributed by atoms with Gasteiger partial charge in [0.2, 0.25) is 0 Å². The number of carbonyl (C=O) groups excluding carboxylic acids is 1. The minimum absolute atomic E-state index is 0.0382. The first-order chi connectivity index (χ1) is 13.1. The second kappa shape index (κ2) is 7.50. The first-order valence-electron chi connectivity index (χ1n) is 9.27. The molecule has 27 heavy (non-hydrogen) atoms. The number of aryl methyl sites for hydroxylation is 1. The Morgan fingerprint density at radius 1 is 1.15 bits per heavy atom. The Morgan fingerprint density at radius 3 is 2.74 bits per heavy atom. The molecule has 1 N–H and O–H groups in total. The number of fused-ring (bicyclic) bond motifs is 1. The normalized spacial score (nSPS) is 18.1. The number of pyridine rings is 1. The zero-order valence-electron chi connectivity index (χ0n) is 15.5. The Kier molecular flexibility index (Phi) is 4.92. The van der Waals surface area contributed by atoms with Gasteiger partial charge in [-0.15, -0.1) is 0 Å². The molecule has 0 radical (unpaired) electrons. The molecule has 6 heteroatoms. The third-order valence-electron chi connectivity index (χ3n) is 5.11. The van der Waals surface area contributed by atoms with E-state index in [1.54, 1.807) is 4.90 Å². The van der Waals surface area contributed by atoms with Crippen LogP contribution in [0.15, 0.2) is 54.9 Å². The molecule has 1 atom stereocenters. The summed E-state index contributed by atoms with van der Waals surface area (Å²) < 4.78 is 1.88. The zero-order chi connectivity index (χ0) is 18.8. The molecule has 1 aromatic carbocycles. The Bertz CT molecular complexity index is 938. The van der Waals surface area contributed by atoms with E-state index in [-0.39, 0.29) is 18.6 Å². The molecule has 3 aromatic rings. The van der Waals surface area contributed by atoms with Gasteiger partial charge < -0.3 is 14.4 Å². The van der Waals surface area contributed by atoms with Crippen molar-refractivity contribution in [3.63, 3.8) is 0 Å². The number of benzene rings is 1. The minimum atomic E-state index is -0.199. The van der Waals surface area contributed by atoms with Gasteiger partial charge in [-0.05, 0) is 24.6 Å². The van der Waals surface area contributed by atoms with Crippen LogP contribution in [0.1, 0.15) is 21.6 Å². The number of hydrogen-bond donors (Lipinski definition) is 1. The summed E-state index contributed by atoms with van der Waals surface area (Å²) >= 11 is 0. The molecule has 6 nitrogen and oxygen atoms in total. The fourth-order valence-corrected chi connectivity index (χ4v) is 3.74. The van der Waals surface area contributed by atoms with Crippen molar-refractivity contribution >= 4 is 11.6 Å². The number of aromatic nitrogens is 2. The van der Waals surface area contributed by atoms with Gasteiger partial charge >= 0.3 is 0 Å². The van der Waals surface area contributed by atoms with E-state index in [1.807, 2.05) is 54.0 Å². The molecule has 1 aliphatic rings. The number of carbonyl (C=O) groups is 1. The first-order valence-corrected chi connectivity index (χ1v) is 9.27. The molecule has 3 heterocycles. The van der Waals surface area contributed by atoms with Crippen molar-refractivity contribution in [2.45, 2.75) is 19.5 Å². The van der Waals surface area contributed by atoms with Crippen molar-refractivity contribution < 1.29 is 9.90 Å². The molecule has 4 rings (SSSR count). The highest BCUT2D eigenvalue weighted by Gasteiger charge is 2.30. The average Bonchev–Trinajstić information content (AvgIpc) is 3.07. The summed E-state index contributed by atoms with van der Waals surface area (Å²) in [7, 11) is 0. The number of amides is 1. The van der Waals surface area contributed by atoms with E-state index in [4.69, 9.17) is 0 Å². The number of aliphatic hydroxyl groups is 1. The first kappa shape index (κ1) is 17.7. The minimum Gasteiger partial charge on any atom is -0.394 e. The maximum absolute atomic E-state index is 13.0. The fourth-order valence-electron chi connectivity index (χ4n) is 3.74. The molecule has 140 valence electrons. The molecule has 0 saturated carbocycles. The molecule has 1 amide bonds. The molecule has 2 aromatic heterocycles. The molecule has 1 unspecified atom stereocenters. The van der Waals surface area contributed by atoms with E-state index in [0.717, 1.165) is 24.4 Å². The molecule has 0 spiro atoms. The summed E-state index contributed by atoms with van der Waals surface area (Å²) in [6.45, 7) is 4.80. The van der Waals surface area contributed by atoms with E-state index < -0.39 is 0 Å². The number of hydrogen-bond acceptors (Lipinski definition) is 4. The van der Waals surface area contributed by atoms with Crippen molar-refractivity contribution in [2.75, 3.05) is 26.2 Å². The van der Waals surface area contributed by atoms with Gasteiger partial charge in [0.05, 0.1) is 23.9 Å². The second-order valence-corrected chi connectivity index (χ2v) is 7.12. The highest BCUT2D eigenvalue weighted by atomic mass is 16.3. The van der Waals surface area contributed by atoms with Crippen LogP contribution in [0.5, 0.6) is 0 Å². The summed E-state index contributed by atoms with van der Waals surface area (Å²) in [5, 5.41) is 9.88.